The van der Waals surface area contributed by atoms with E-state index in [0.29, 0.717) is 0 Å². The molecule has 0 fully saturated rings. The quantitative estimate of drug-likeness (QED) is 0.613. The highest BCUT2D eigenvalue weighted by Crippen LogP contribution is 2.14. The van der Waals surface area contributed by atoms with E-state index in [2.05, 4.69) is 23.8 Å². The molecule has 0 spiro atoms. The van der Waals surface area contributed by atoms with Crippen LogP contribution in [0.4, 0.5) is 0 Å². The van der Waals surface area contributed by atoms with Crippen molar-refractivity contribution in [3.05, 3.63) is 28.6 Å². The lowest BCUT2D eigenvalue weighted by atomic mass is 10.5. The fourth-order valence-electron chi connectivity index (χ4n) is 0.495. The number of hydrogen-bond donors (Lipinski definition) is 0. The highest BCUT2D eigenvalue weighted by Gasteiger charge is 1.87. The standard InChI is InChI=1S/C6H7S2/c1-7-5-6-3-2-4-8-6/h2-4H,1,5H2. The zero-order chi connectivity index (χ0) is 5.82. The molecule has 0 aliphatic carbocycles. The van der Waals surface area contributed by atoms with Crippen molar-refractivity contribution in [2.45, 2.75) is 5.75 Å². The predicted molar refractivity (Wildman–Crippen MR) is 41.0 cm³/mol. The topological polar surface area (TPSA) is 0 Å². The molecule has 1 rings (SSSR count). The van der Waals surface area contributed by atoms with E-state index in [1.165, 1.54) is 4.88 Å². The fraction of sp³-hybridized carbons (Fsp3) is 0.167. The van der Waals surface area contributed by atoms with Crippen LogP contribution in [0.3, 0.4) is 0 Å². The smallest absolute Gasteiger partial charge is 0.0279 e. The molecule has 0 atom stereocenters. The molecule has 0 amide bonds. The molecule has 0 aliphatic rings. The Kier molecular flexibility index (Phi) is 2.43. The van der Waals surface area contributed by atoms with Crippen LogP contribution in [0.25, 0.3) is 0 Å². The van der Waals surface area contributed by atoms with Crippen molar-refractivity contribution in [1.82, 2.24) is 0 Å². The molecule has 0 nitrogen and oxygen atoms in total. The van der Waals surface area contributed by atoms with Crippen LogP contribution < -0.4 is 0 Å². The molecule has 2 heteroatoms. The van der Waals surface area contributed by atoms with Gasteiger partial charge in [-0.25, -0.2) is 0 Å². The summed E-state index contributed by atoms with van der Waals surface area (Å²) in [5, 5.41) is 2.09. The van der Waals surface area contributed by atoms with E-state index in [9.17, 15) is 0 Å². The van der Waals surface area contributed by atoms with Gasteiger partial charge in [-0.2, -0.15) is 11.8 Å². The maximum Gasteiger partial charge on any atom is 0.0279 e. The number of hydrogen-bond acceptors (Lipinski definition) is 2. The van der Waals surface area contributed by atoms with Gasteiger partial charge in [-0.15, -0.1) is 11.3 Å². The Morgan fingerprint density at radius 3 is 3.12 bits per heavy atom. The highest BCUT2D eigenvalue weighted by atomic mass is 32.2. The van der Waals surface area contributed by atoms with Crippen molar-refractivity contribution >= 4 is 23.1 Å². The Morgan fingerprint density at radius 2 is 2.62 bits per heavy atom. The second-order valence-corrected chi connectivity index (χ2v) is 3.16. The summed E-state index contributed by atoms with van der Waals surface area (Å²) >= 11 is 3.41. The Labute approximate surface area is 57.9 Å². The Hall–Kier alpha value is 0.0500. The third-order valence-corrected chi connectivity index (χ3v) is 2.40. The minimum atomic E-state index is 1.05. The van der Waals surface area contributed by atoms with Crippen molar-refractivity contribution in [3.8, 4) is 0 Å². The van der Waals surface area contributed by atoms with E-state index < -0.39 is 0 Å². The highest BCUT2D eigenvalue weighted by molar-refractivity contribution is 7.99. The third kappa shape index (κ3) is 1.53. The van der Waals surface area contributed by atoms with Gasteiger partial charge in [0, 0.05) is 16.9 Å². The summed E-state index contributed by atoms with van der Waals surface area (Å²) in [5.74, 6) is 1.05. The molecule has 1 aromatic heterocycles. The molecule has 8 heavy (non-hydrogen) atoms. The summed E-state index contributed by atoms with van der Waals surface area (Å²) in [6, 6.07) is 4.19. The molecule has 0 bridgehead atoms. The molecule has 1 heterocycles. The molecule has 0 unspecified atom stereocenters. The van der Waals surface area contributed by atoms with Gasteiger partial charge in [0.15, 0.2) is 0 Å². The molecule has 43 valence electrons. The number of thioether (sulfide) groups is 1. The maximum absolute atomic E-state index is 3.68. The monoisotopic (exact) mass is 143 g/mol. The summed E-state index contributed by atoms with van der Waals surface area (Å²) in [7, 11) is 0. The lowest BCUT2D eigenvalue weighted by Crippen LogP contribution is -1.64. The van der Waals surface area contributed by atoms with Crippen molar-refractivity contribution in [1.29, 1.82) is 0 Å². The van der Waals surface area contributed by atoms with Crippen LogP contribution in [0.2, 0.25) is 0 Å². The molecule has 0 aromatic carbocycles. The van der Waals surface area contributed by atoms with Crippen LogP contribution >= 0.6 is 23.1 Å². The summed E-state index contributed by atoms with van der Waals surface area (Å²) < 4.78 is 0. The van der Waals surface area contributed by atoms with E-state index in [4.69, 9.17) is 0 Å². The molecule has 1 aromatic rings. The molecular weight excluding hydrogens is 136 g/mol. The summed E-state index contributed by atoms with van der Waals surface area (Å²) in [6.45, 7) is 0. The van der Waals surface area contributed by atoms with Crippen LogP contribution in [0, 0.1) is 6.26 Å². The molecule has 0 aliphatic heterocycles. The second-order valence-electron chi connectivity index (χ2n) is 1.43. The first kappa shape index (κ1) is 6.17. The normalized spacial score (nSPS) is 9.62. The first-order valence-corrected chi connectivity index (χ1v) is 4.36. The first-order valence-electron chi connectivity index (χ1n) is 2.33. The van der Waals surface area contributed by atoms with Gasteiger partial charge in [0.1, 0.15) is 0 Å². The third-order valence-electron chi connectivity index (χ3n) is 0.824. The van der Waals surface area contributed by atoms with E-state index in [-0.39, 0.29) is 0 Å². The van der Waals surface area contributed by atoms with Gasteiger partial charge in [-0.05, 0) is 11.4 Å². The van der Waals surface area contributed by atoms with E-state index >= 15 is 0 Å². The van der Waals surface area contributed by atoms with Crippen LogP contribution in [0.15, 0.2) is 17.5 Å². The van der Waals surface area contributed by atoms with Crippen molar-refractivity contribution in [3.63, 3.8) is 0 Å². The number of thiophene rings is 1. The Morgan fingerprint density at radius 1 is 1.75 bits per heavy atom. The zero-order valence-corrected chi connectivity index (χ0v) is 6.10. The Bertz CT molecular complexity index is 132. The zero-order valence-electron chi connectivity index (χ0n) is 4.46. The van der Waals surface area contributed by atoms with Crippen LogP contribution in [0.5, 0.6) is 0 Å². The molecule has 0 saturated carbocycles. The average Bonchev–Trinajstić information content (AvgIpc) is 2.19. The van der Waals surface area contributed by atoms with E-state index in [0.717, 1.165) is 5.75 Å². The van der Waals surface area contributed by atoms with Gasteiger partial charge >= 0.3 is 0 Å². The van der Waals surface area contributed by atoms with Gasteiger partial charge in [0.2, 0.25) is 0 Å². The van der Waals surface area contributed by atoms with Crippen LogP contribution in [0.1, 0.15) is 4.88 Å². The molecular formula is C6H7S2. The Balaban J connectivity index is 2.50. The van der Waals surface area contributed by atoms with Gasteiger partial charge < -0.3 is 0 Å². The van der Waals surface area contributed by atoms with Crippen LogP contribution in [-0.2, 0) is 5.75 Å². The van der Waals surface area contributed by atoms with E-state index in [1.54, 1.807) is 23.1 Å². The average molecular weight is 143 g/mol. The second kappa shape index (κ2) is 3.15. The molecule has 0 N–H and O–H groups in total. The van der Waals surface area contributed by atoms with Crippen molar-refractivity contribution in [2.24, 2.45) is 0 Å². The largest absolute Gasteiger partial charge is 0.155 e. The van der Waals surface area contributed by atoms with Crippen LogP contribution in [-0.4, -0.2) is 0 Å². The number of rotatable bonds is 2. The summed E-state index contributed by atoms with van der Waals surface area (Å²) in [5.41, 5.74) is 0. The fourth-order valence-corrected chi connectivity index (χ4v) is 1.80. The predicted octanol–water partition coefficient (Wildman–Crippen LogP) is 2.77. The first-order chi connectivity index (χ1) is 3.93. The van der Waals surface area contributed by atoms with Gasteiger partial charge in [0.25, 0.3) is 0 Å². The van der Waals surface area contributed by atoms with E-state index in [1.807, 2.05) is 0 Å². The van der Waals surface area contributed by atoms with Gasteiger partial charge in [-0.1, -0.05) is 6.07 Å². The molecule has 1 radical (unpaired) electrons. The summed E-state index contributed by atoms with van der Waals surface area (Å²) in [4.78, 5) is 1.41. The maximum atomic E-state index is 3.68. The SMILES string of the molecule is [CH2]SCc1cccs1. The van der Waals surface area contributed by atoms with Gasteiger partial charge in [-0.3, -0.25) is 0 Å². The molecule has 0 saturated heterocycles. The lowest BCUT2D eigenvalue weighted by Gasteiger charge is -1.85. The minimum Gasteiger partial charge on any atom is -0.155 e. The van der Waals surface area contributed by atoms with Crippen molar-refractivity contribution < 1.29 is 0 Å². The lowest BCUT2D eigenvalue weighted by molar-refractivity contribution is 1.56. The van der Waals surface area contributed by atoms with Crippen molar-refractivity contribution in [2.75, 3.05) is 0 Å². The van der Waals surface area contributed by atoms with Gasteiger partial charge in [0.05, 0.1) is 0 Å². The minimum absolute atomic E-state index is 1.05. The summed E-state index contributed by atoms with van der Waals surface area (Å²) in [6.07, 6.45) is 3.68.